The first-order valence-corrected chi connectivity index (χ1v) is 4.44. The molecule has 0 spiro atoms. The number of carbonyl (C=O) groups is 1. The molecule has 0 bridgehead atoms. The molecule has 0 aliphatic carbocycles. The summed E-state index contributed by atoms with van der Waals surface area (Å²) in [6.45, 7) is 0. The highest BCUT2D eigenvalue weighted by molar-refractivity contribution is 9.10. The number of hydrogen-bond donors (Lipinski definition) is 0. The van der Waals surface area contributed by atoms with E-state index in [1.807, 2.05) is 6.07 Å². The molecule has 1 nitrogen and oxygen atoms in total. The van der Waals surface area contributed by atoms with Crippen LogP contribution in [0, 0.1) is 0 Å². The lowest BCUT2D eigenvalue weighted by atomic mass is 10.2. The van der Waals surface area contributed by atoms with Crippen molar-refractivity contribution in [2.75, 3.05) is 0 Å². The Morgan fingerprint density at radius 1 is 1.36 bits per heavy atom. The summed E-state index contributed by atoms with van der Waals surface area (Å²) < 4.78 is -0.620. The molecule has 0 unspecified atom stereocenters. The average Bonchev–Trinajstić information content (AvgIpc) is 2.05. The molecule has 1 aromatic carbocycles. The predicted molar refractivity (Wildman–Crippen MR) is 49.3 cm³/mol. The summed E-state index contributed by atoms with van der Waals surface area (Å²) in [7, 11) is 0. The van der Waals surface area contributed by atoms with Crippen LogP contribution in [0.25, 0.3) is 0 Å². The van der Waals surface area contributed by atoms with Gasteiger partial charge in [-0.1, -0.05) is 46.3 Å². The lowest BCUT2D eigenvalue weighted by Gasteiger charge is -1.98. The molecule has 1 atom stereocenters. The molecule has 0 radical (unpaired) electrons. The second-order valence-corrected chi connectivity index (χ2v) is 3.91. The molecule has 11 heavy (non-hydrogen) atoms. The molecule has 0 fully saturated rings. The standard InChI is InChI=1S/C8H6BrClO/c9-8(10)7(11)6-4-2-1-3-5-6/h1-5,8H/t8-/m0/s1. The number of hydrogen-bond acceptors (Lipinski definition) is 1. The van der Waals surface area contributed by atoms with Gasteiger partial charge in [-0.25, -0.2) is 0 Å². The molecule has 0 amide bonds. The van der Waals surface area contributed by atoms with Crippen LogP contribution in [0.1, 0.15) is 10.4 Å². The first-order valence-electron chi connectivity index (χ1n) is 3.09. The third kappa shape index (κ3) is 2.31. The Morgan fingerprint density at radius 3 is 2.36 bits per heavy atom. The minimum atomic E-state index is -0.620. The molecule has 0 aromatic heterocycles. The van der Waals surface area contributed by atoms with Gasteiger partial charge in [-0.05, 0) is 0 Å². The first kappa shape index (κ1) is 8.75. The number of halogens is 2. The second-order valence-electron chi connectivity index (χ2n) is 2.03. The Kier molecular flexibility index (Phi) is 3.09. The zero-order valence-electron chi connectivity index (χ0n) is 5.63. The van der Waals surface area contributed by atoms with E-state index >= 15 is 0 Å². The third-order valence-electron chi connectivity index (χ3n) is 1.26. The van der Waals surface area contributed by atoms with Gasteiger partial charge in [-0.15, -0.1) is 11.6 Å². The largest absolute Gasteiger partial charge is 0.292 e. The lowest BCUT2D eigenvalue weighted by molar-refractivity contribution is 0.101. The molecule has 0 aliphatic rings. The number of Topliss-reactive ketones (excluding diaryl/α,β-unsaturated/α-hetero) is 1. The van der Waals surface area contributed by atoms with Crippen LogP contribution in [0.15, 0.2) is 30.3 Å². The van der Waals surface area contributed by atoms with Gasteiger partial charge in [0.15, 0.2) is 10.1 Å². The topological polar surface area (TPSA) is 17.1 Å². The molecule has 0 saturated carbocycles. The Labute approximate surface area is 78.5 Å². The molecule has 0 N–H and O–H groups in total. The molecular formula is C8H6BrClO. The van der Waals surface area contributed by atoms with Gasteiger partial charge in [-0.3, -0.25) is 4.79 Å². The molecule has 58 valence electrons. The highest BCUT2D eigenvalue weighted by Crippen LogP contribution is 2.12. The zero-order valence-corrected chi connectivity index (χ0v) is 7.97. The Morgan fingerprint density at radius 2 is 1.91 bits per heavy atom. The normalized spacial score (nSPS) is 12.5. The maximum atomic E-state index is 11.2. The van der Waals surface area contributed by atoms with Crippen molar-refractivity contribution in [3.63, 3.8) is 0 Å². The van der Waals surface area contributed by atoms with Gasteiger partial charge in [0.2, 0.25) is 0 Å². The number of carbonyl (C=O) groups excluding carboxylic acids is 1. The zero-order chi connectivity index (χ0) is 8.27. The highest BCUT2D eigenvalue weighted by Gasteiger charge is 2.12. The van der Waals surface area contributed by atoms with Crippen LogP contribution in [0.4, 0.5) is 0 Å². The molecule has 1 rings (SSSR count). The predicted octanol–water partition coefficient (Wildman–Crippen LogP) is 2.83. The van der Waals surface area contributed by atoms with Crippen LogP contribution < -0.4 is 0 Å². The van der Waals surface area contributed by atoms with Gasteiger partial charge in [0.25, 0.3) is 0 Å². The van der Waals surface area contributed by atoms with Crippen molar-refractivity contribution < 1.29 is 4.79 Å². The van der Waals surface area contributed by atoms with E-state index < -0.39 is 4.29 Å². The van der Waals surface area contributed by atoms with Crippen molar-refractivity contribution in [1.82, 2.24) is 0 Å². The third-order valence-corrected chi connectivity index (χ3v) is 1.87. The Bertz CT molecular complexity index is 246. The number of alkyl halides is 2. The minimum absolute atomic E-state index is 0.104. The van der Waals surface area contributed by atoms with Crippen molar-refractivity contribution in [3.05, 3.63) is 35.9 Å². The van der Waals surface area contributed by atoms with Crippen LogP contribution in [-0.2, 0) is 0 Å². The van der Waals surface area contributed by atoms with E-state index in [2.05, 4.69) is 15.9 Å². The Balaban J connectivity index is 2.86. The van der Waals surface area contributed by atoms with E-state index in [1.54, 1.807) is 24.3 Å². The van der Waals surface area contributed by atoms with Crippen molar-refractivity contribution in [2.45, 2.75) is 4.29 Å². The van der Waals surface area contributed by atoms with E-state index in [0.717, 1.165) is 0 Å². The van der Waals surface area contributed by atoms with Gasteiger partial charge in [-0.2, -0.15) is 0 Å². The van der Waals surface area contributed by atoms with Crippen molar-refractivity contribution in [3.8, 4) is 0 Å². The van der Waals surface area contributed by atoms with Crippen molar-refractivity contribution in [1.29, 1.82) is 0 Å². The van der Waals surface area contributed by atoms with Crippen LogP contribution in [0.5, 0.6) is 0 Å². The van der Waals surface area contributed by atoms with E-state index in [1.165, 1.54) is 0 Å². The summed E-state index contributed by atoms with van der Waals surface area (Å²) in [5, 5.41) is 0. The van der Waals surface area contributed by atoms with E-state index in [0.29, 0.717) is 5.56 Å². The summed E-state index contributed by atoms with van der Waals surface area (Å²) in [6, 6.07) is 8.94. The van der Waals surface area contributed by atoms with Crippen molar-refractivity contribution in [2.24, 2.45) is 0 Å². The number of ketones is 1. The fourth-order valence-electron chi connectivity index (χ4n) is 0.728. The summed E-state index contributed by atoms with van der Waals surface area (Å²) in [4.78, 5) is 11.2. The summed E-state index contributed by atoms with van der Waals surface area (Å²) in [6.07, 6.45) is 0. The van der Waals surface area contributed by atoms with Crippen LogP contribution in [-0.4, -0.2) is 10.1 Å². The average molecular weight is 233 g/mol. The van der Waals surface area contributed by atoms with Gasteiger partial charge in [0, 0.05) is 5.56 Å². The monoisotopic (exact) mass is 232 g/mol. The molecule has 3 heteroatoms. The van der Waals surface area contributed by atoms with Gasteiger partial charge in [0.1, 0.15) is 0 Å². The SMILES string of the molecule is O=C(c1ccccc1)[C@H](Cl)Br. The van der Waals surface area contributed by atoms with E-state index in [9.17, 15) is 4.79 Å². The smallest absolute Gasteiger partial charge is 0.191 e. The van der Waals surface area contributed by atoms with Gasteiger partial charge in [0.05, 0.1) is 0 Å². The fourth-order valence-corrected chi connectivity index (χ4v) is 1.12. The van der Waals surface area contributed by atoms with E-state index in [-0.39, 0.29) is 5.78 Å². The number of benzene rings is 1. The molecular weight excluding hydrogens is 227 g/mol. The molecule has 0 heterocycles. The lowest BCUT2D eigenvalue weighted by Crippen LogP contribution is -2.06. The summed E-state index contributed by atoms with van der Waals surface area (Å²) in [5.74, 6) is -0.104. The number of rotatable bonds is 2. The minimum Gasteiger partial charge on any atom is -0.292 e. The van der Waals surface area contributed by atoms with E-state index in [4.69, 9.17) is 11.6 Å². The second kappa shape index (κ2) is 3.88. The van der Waals surface area contributed by atoms with Crippen LogP contribution in [0.2, 0.25) is 0 Å². The van der Waals surface area contributed by atoms with Crippen LogP contribution >= 0.6 is 27.5 Å². The highest BCUT2D eigenvalue weighted by atomic mass is 79.9. The maximum Gasteiger partial charge on any atom is 0.191 e. The summed E-state index contributed by atoms with van der Waals surface area (Å²) >= 11 is 8.52. The molecule has 0 saturated heterocycles. The van der Waals surface area contributed by atoms with Gasteiger partial charge >= 0.3 is 0 Å². The quantitative estimate of drug-likeness (QED) is 0.567. The molecule has 0 aliphatic heterocycles. The Hall–Kier alpha value is -0.340. The van der Waals surface area contributed by atoms with Crippen LogP contribution in [0.3, 0.4) is 0 Å². The maximum absolute atomic E-state index is 11.2. The summed E-state index contributed by atoms with van der Waals surface area (Å²) in [5.41, 5.74) is 0.629. The first-order chi connectivity index (χ1) is 5.22. The fraction of sp³-hybridized carbons (Fsp3) is 0.125. The van der Waals surface area contributed by atoms with Gasteiger partial charge < -0.3 is 0 Å². The van der Waals surface area contributed by atoms with Crippen molar-refractivity contribution >= 4 is 33.3 Å². The molecule has 1 aromatic rings.